The van der Waals surface area contributed by atoms with Crippen molar-refractivity contribution < 1.29 is 4.39 Å². The molecule has 0 aliphatic carbocycles. The Morgan fingerprint density at radius 2 is 1.88 bits per heavy atom. The van der Waals surface area contributed by atoms with Crippen LogP contribution in [0.5, 0.6) is 0 Å². The van der Waals surface area contributed by atoms with Crippen LogP contribution in [-0.4, -0.2) is 72.0 Å². The number of hydrogen-bond acceptors (Lipinski definition) is 5. The first-order valence-electron chi connectivity index (χ1n) is 9.03. The Labute approximate surface area is 152 Å². The van der Waals surface area contributed by atoms with Gasteiger partial charge in [-0.25, -0.2) is 9.37 Å². The molecule has 2 saturated heterocycles. The van der Waals surface area contributed by atoms with E-state index in [1.807, 2.05) is 0 Å². The summed E-state index contributed by atoms with van der Waals surface area (Å²) in [5, 5.41) is 3.23. The van der Waals surface area contributed by atoms with Crippen molar-refractivity contribution in [3.8, 4) is 11.3 Å². The number of benzene rings is 1. The molecule has 1 atom stereocenters. The van der Waals surface area contributed by atoms with Gasteiger partial charge in [0.2, 0.25) is 0 Å². The highest BCUT2D eigenvalue weighted by molar-refractivity contribution is 7.09. The zero-order valence-electron chi connectivity index (χ0n) is 14.7. The minimum atomic E-state index is -0.203. The van der Waals surface area contributed by atoms with Crippen LogP contribution in [0.15, 0.2) is 29.6 Å². The van der Waals surface area contributed by atoms with Crippen LogP contribution in [0.1, 0.15) is 11.4 Å². The van der Waals surface area contributed by atoms with Gasteiger partial charge in [0.15, 0.2) is 0 Å². The number of hydrogen-bond donors (Lipinski definition) is 0. The smallest absolute Gasteiger partial charge is 0.123 e. The zero-order valence-corrected chi connectivity index (χ0v) is 15.5. The fourth-order valence-electron chi connectivity index (χ4n) is 3.77. The van der Waals surface area contributed by atoms with Gasteiger partial charge in [0.05, 0.1) is 12.2 Å². The number of aromatic nitrogens is 1. The van der Waals surface area contributed by atoms with Gasteiger partial charge in [-0.15, -0.1) is 11.3 Å². The van der Waals surface area contributed by atoms with Gasteiger partial charge in [-0.1, -0.05) is 0 Å². The minimum Gasteiger partial charge on any atom is -0.304 e. The van der Waals surface area contributed by atoms with Gasteiger partial charge in [0.25, 0.3) is 0 Å². The molecular formula is C19H25FN4S. The highest BCUT2D eigenvalue weighted by Gasteiger charge is 2.29. The molecule has 4 rings (SSSR count). The second-order valence-corrected chi connectivity index (χ2v) is 8.09. The van der Waals surface area contributed by atoms with Crippen molar-refractivity contribution in [3.63, 3.8) is 0 Å². The van der Waals surface area contributed by atoms with Crippen LogP contribution in [0.2, 0.25) is 0 Å². The molecule has 0 saturated carbocycles. The van der Waals surface area contributed by atoms with Crippen molar-refractivity contribution in [1.82, 2.24) is 19.7 Å². The Bertz CT molecular complexity index is 694. The maximum Gasteiger partial charge on any atom is 0.123 e. The molecule has 2 aromatic rings. The fourth-order valence-corrected chi connectivity index (χ4v) is 4.61. The Morgan fingerprint density at radius 3 is 2.64 bits per heavy atom. The first-order chi connectivity index (χ1) is 12.2. The van der Waals surface area contributed by atoms with Gasteiger partial charge in [-0.05, 0) is 37.7 Å². The monoisotopic (exact) mass is 360 g/mol. The van der Waals surface area contributed by atoms with Crippen LogP contribution < -0.4 is 0 Å². The fraction of sp³-hybridized carbons (Fsp3) is 0.526. The first kappa shape index (κ1) is 17.1. The molecule has 0 amide bonds. The maximum atomic E-state index is 13.1. The van der Waals surface area contributed by atoms with Crippen molar-refractivity contribution in [2.45, 2.75) is 19.0 Å². The molecule has 0 spiro atoms. The van der Waals surface area contributed by atoms with Gasteiger partial charge < -0.3 is 4.90 Å². The molecular weight excluding hydrogens is 335 g/mol. The molecule has 1 aromatic heterocycles. The van der Waals surface area contributed by atoms with Crippen LogP contribution >= 0.6 is 11.3 Å². The average Bonchev–Trinajstić information content (AvgIpc) is 3.27. The molecule has 0 bridgehead atoms. The predicted molar refractivity (Wildman–Crippen MR) is 100 cm³/mol. The van der Waals surface area contributed by atoms with Crippen molar-refractivity contribution in [1.29, 1.82) is 0 Å². The van der Waals surface area contributed by atoms with Crippen molar-refractivity contribution >= 4 is 11.3 Å². The molecule has 25 heavy (non-hydrogen) atoms. The van der Waals surface area contributed by atoms with Crippen molar-refractivity contribution in [3.05, 3.63) is 40.5 Å². The van der Waals surface area contributed by atoms with Crippen LogP contribution in [0, 0.1) is 5.82 Å². The Morgan fingerprint density at radius 1 is 1.12 bits per heavy atom. The van der Waals surface area contributed by atoms with E-state index >= 15 is 0 Å². The van der Waals surface area contributed by atoms with Crippen LogP contribution in [0.3, 0.4) is 0 Å². The largest absolute Gasteiger partial charge is 0.304 e. The second kappa shape index (κ2) is 7.50. The third kappa shape index (κ3) is 4.08. The second-order valence-electron chi connectivity index (χ2n) is 7.15. The molecule has 0 unspecified atom stereocenters. The summed E-state index contributed by atoms with van der Waals surface area (Å²) < 4.78 is 13.1. The van der Waals surface area contributed by atoms with E-state index in [1.165, 1.54) is 44.7 Å². The first-order valence-corrected chi connectivity index (χ1v) is 9.90. The molecule has 6 heteroatoms. The van der Waals surface area contributed by atoms with Crippen molar-refractivity contribution in [2.24, 2.45) is 0 Å². The standard InChI is InChI=1S/C19H25FN4S/c1-22-8-10-24(11-9-22)17-6-7-23(12-17)13-19-21-18(14-25-19)15-2-4-16(20)5-3-15/h2-5,14,17H,6-13H2,1H3/t17-/m1/s1. The summed E-state index contributed by atoms with van der Waals surface area (Å²) in [5.41, 5.74) is 1.94. The summed E-state index contributed by atoms with van der Waals surface area (Å²) >= 11 is 1.71. The lowest BCUT2D eigenvalue weighted by atomic mass is 10.2. The average molecular weight is 361 g/mol. The molecule has 2 aliphatic rings. The quantitative estimate of drug-likeness (QED) is 0.836. The van der Waals surface area contributed by atoms with Gasteiger partial charge >= 0.3 is 0 Å². The summed E-state index contributed by atoms with van der Waals surface area (Å²) in [6, 6.07) is 7.29. The number of likely N-dealkylation sites (tertiary alicyclic amines) is 1. The number of piperazine rings is 1. The number of nitrogens with zero attached hydrogens (tertiary/aromatic N) is 4. The van der Waals surface area contributed by atoms with E-state index in [0.29, 0.717) is 6.04 Å². The summed E-state index contributed by atoms with van der Waals surface area (Å²) in [5.74, 6) is -0.203. The van der Waals surface area contributed by atoms with E-state index in [0.717, 1.165) is 35.9 Å². The van der Waals surface area contributed by atoms with E-state index in [1.54, 1.807) is 23.5 Å². The van der Waals surface area contributed by atoms with Gasteiger partial charge in [-0.2, -0.15) is 0 Å². The van der Waals surface area contributed by atoms with E-state index in [9.17, 15) is 4.39 Å². The highest BCUT2D eigenvalue weighted by Crippen LogP contribution is 2.25. The van der Waals surface area contributed by atoms with E-state index in [2.05, 4.69) is 27.1 Å². The lowest BCUT2D eigenvalue weighted by Gasteiger charge is -2.36. The Kier molecular flexibility index (Phi) is 5.12. The van der Waals surface area contributed by atoms with Crippen molar-refractivity contribution in [2.75, 3.05) is 46.3 Å². The molecule has 4 nitrogen and oxygen atoms in total. The van der Waals surface area contributed by atoms with Gasteiger partial charge in [0, 0.05) is 56.3 Å². The lowest BCUT2D eigenvalue weighted by molar-refractivity contribution is 0.112. The topological polar surface area (TPSA) is 22.6 Å². The summed E-state index contributed by atoms with van der Waals surface area (Å²) in [6.45, 7) is 7.99. The molecule has 1 aromatic carbocycles. The maximum absolute atomic E-state index is 13.1. The zero-order chi connectivity index (χ0) is 17.2. The molecule has 0 N–H and O–H groups in total. The van der Waals surface area contributed by atoms with Gasteiger partial charge in [0.1, 0.15) is 10.8 Å². The normalized spacial score (nSPS) is 23.4. The molecule has 2 fully saturated rings. The van der Waals surface area contributed by atoms with E-state index in [-0.39, 0.29) is 5.82 Å². The lowest BCUT2D eigenvalue weighted by Crippen LogP contribution is -2.49. The third-order valence-electron chi connectivity index (χ3n) is 5.35. The van der Waals surface area contributed by atoms with Gasteiger partial charge in [-0.3, -0.25) is 9.80 Å². The van der Waals surface area contributed by atoms with Crippen LogP contribution in [0.4, 0.5) is 4.39 Å². The molecule has 134 valence electrons. The number of halogens is 1. The number of likely N-dealkylation sites (N-methyl/N-ethyl adjacent to an activating group) is 1. The van der Waals surface area contributed by atoms with Crippen LogP contribution in [-0.2, 0) is 6.54 Å². The van der Waals surface area contributed by atoms with E-state index in [4.69, 9.17) is 4.98 Å². The van der Waals surface area contributed by atoms with Crippen LogP contribution in [0.25, 0.3) is 11.3 Å². The summed E-state index contributed by atoms with van der Waals surface area (Å²) in [7, 11) is 2.21. The number of thiazole rings is 1. The summed E-state index contributed by atoms with van der Waals surface area (Å²) in [6.07, 6.45) is 1.26. The molecule has 2 aliphatic heterocycles. The Hall–Kier alpha value is -1.34. The van der Waals surface area contributed by atoms with E-state index < -0.39 is 0 Å². The predicted octanol–water partition coefficient (Wildman–Crippen LogP) is 2.77. The third-order valence-corrected chi connectivity index (χ3v) is 6.19. The number of rotatable bonds is 4. The highest BCUT2D eigenvalue weighted by atomic mass is 32.1. The minimum absolute atomic E-state index is 0.203. The molecule has 0 radical (unpaired) electrons. The Balaban J connectivity index is 1.33. The SMILES string of the molecule is CN1CCN([C@@H]2CCN(Cc3nc(-c4ccc(F)cc4)cs3)C2)CC1. The summed E-state index contributed by atoms with van der Waals surface area (Å²) in [4.78, 5) is 12.4. The molecule has 3 heterocycles.